The van der Waals surface area contributed by atoms with Crippen molar-refractivity contribution in [1.29, 1.82) is 0 Å². The van der Waals surface area contributed by atoms with Crippen molar-refractivity contribution in [2.45, 2.75) is 6.92 Å². The SMILES string of the molecule is C/C(=N\N(C)c1ccccc1)C(=O)O. The number of hydrogen-bond acceptors (Lipinski definition) is 3. The third kappa shape index (κ3) is 2.58. The highest BCUT2D eigenvalue weighted by atomic mass is 16.4. The maximum absolute atomic E-state index is 10.5. The van der Waals surface area contributed by atoms with Crippen LogP contribution in [0.3, 0.4) is 0 Å². The molecule has 0 aromatic heterocycles. The summed E-state index contributed by atoms with van der Waals surface area (Å²) < 4.78 is 0. The monoisotopic (exact) mass is 192 g/mol. The molecule has 0 saturated carbocycles. The molecule has 74 valence electrons. The molecule has 1 aromatic carbocycles. The highest BCUT2D eigenvalue weighted by Gasteiger charge is 2.04. The van der Waals surface area contributed by atoms with Gasteiger partial charge in [0.15, 0.2) is 0 Å². The maximum Gasteiger partial charge on any atom is 0.351 e. The second-order valence-corrected chi connectivity index (χ2v) is 2.85. The van der Waals surface area contributed by atoms with E-state index >= 15 is 0 Å². The predicted octanol–water partition coefficient (Wildman–Crippen LogP) is 1.58. The number of aliphatic carboxylic acids is 1. The number of hydrazone groups is 1. The molecule has 0 heterocycles. The van der Waals surface area contributed by atoms with Crippen molar-refractivity contribution in [2.24, 2.45) is 5.10 Å². The van der Waals surface area contributed by atoms with Crippen LogP contribution in [-0.2, 0) is 4.79 Å². The minimum atomic E-state index is -1.01. The standard InChI is InChI=1S/C10H12N2O2/c1-8(10(13)14)11-12(2)9-6-4-3-5-7-9/h3-7H,1-2H3,(H,13,14)/b11-8+. The Labute approximate surface area is 82.5 Å². The van der Waals surface area contributed by atoms with Gasteiger partial charge in [-0.15, -0.1) is 0 Å². The summed E-state index contributed by atoms with van der Waals surface area (Å²) in [6, 6.07) is 9.36. The van der Waals surface area contributed by atoms with Gasteiger partial charge in [0, 0.05) is 7.05 Å². The number of hydrogen-bond donors (Lipinski definition) is 1. The lowest BCUT2D eigenvalue weighted by atomic mass is 10.3. The molecule has 0 spiro atoms. The summed E-state index contributed by atoms with van der Waals surface area (Å²) in [5.74, 6) is -1.01. The van der Waals surface area contributed by atoms with E-state index in [9.17, 15) is 4.79 Å². The molecule has 0 aliphatic carbocycles. The lowest BCUT2D eigenvalue weighted by Crippen LogP contribution is -2.16. The molecule has 4 nitrogen and oxygen atoms in total. The van der Waals surface area contributed by atoms with Gasteiger partial charge < -0.3 is 5.11 Å². The van der Waals surface area contributed by atoms with Gasteiger partial charge in [-0.25, -0.2) is 4.79 Å². The number of para-hydroxylation sites is 1. The van der Waals surface area contributed by atoms with Crippen molar-refractivity contribution < 1.29 is 9.90 Å². The highest BCUT2D eigenvalue weighted by Crippen LogP contribution is 2.10. The minimum absolute atomic E-state index is 0.0661. The molecule has 0 radical (unpaired) electrons. The summed E-state index contributed by atoms with van der Waals surface area (Å²) in [6.07, 6.45) is 0. The minimum Gasteiger partial charge on any atom is -0.477 e. The average Bonchev–Trinajstić information content (AvgIpc) is 2.19. The first-order valence-corrected chi connectivity index (χ1v) is 4.18. The maximum atomic E-state index is 10.5. The van der Waals surface area contributed by atoms with Gasteiger partial charge in [0.25, 0.3) is 0 Å². The van der Waals surface area contributed by atoms with Crippen LogP contribution in [0.4, 0.5) is 5.69 Å². The van der Waals surface area contributed by atoms with Crippen LogP contribution < -0.4 is 5.01 Å². The second-order valence-electron chi connectivity index (χ2n) is 2.85. The molecule has 0 saturated heterocycles. The van der Waals surface area contributed by atoms with E-state index in [1.807, 2.05) is 30.3 Å². The largest absolute Gasteiger partial charge is 0.477 e. The Hall–Kier alpha value is -1.84. The molecule has 1 N–H and O–H groups in total. The van der Waals surface area contributed by atoms with Gasteiger partial charge in [-0.3, -0.25) is 5.01 Å². The Morgan fingerprint density at radius 1 is 1.36 bits per heavy atom. The van der Waals surface area contributed by atoms with Crippen LogP contribution >= 0.6 is 0 Å². The van der Waals surface area contributed by atoms with Gasteiger partial charge in [0.05, 0.1) is 5.69 Å². The van der Waals surface area contributed by atoms with Gasteiger partial charge in [-0.2, -0.15) is 5.10 Å². The first kappa shape index (κ1) is 10.2. The first-order valence-electron chi connectivity index (χ1n) is 4.18. The van der Waals surface area contributed by atoms with Gasteiger partial charge >= 0.3 is 5.97 Å². The van der Waals surface area contributed by atoms with Gasteiger partial charge in [0.2, 0.25) is 0 Å². The summed E-state index contributed by atoms with van der Waals surface area (Å²) >= 11 is 0. The van der Waals surface area contributed by atoms with Crippen LogP contribution in [0.1, 0.15) is 6.92 Å². The molecule has 1 rings (SSSR count). The molecular formula is C10H12N2O2. The summed E-state index contributed by atoms with van der Waals surface area (Å²) in [6.45, 7) is 1.46. The zero-order valence-electron chi connectivity index (χ0n) is 8.14. The molecule has 14 heavy (non-hydrogen) atoms. The number of anilines is 1. The van der Waals surface area contributed by atoms with E-state index in [4.69, 9.17) is 5.11 Å². The Morgan fingerprint density at radius 3 is 2.43 bits per heavy atom. The molecule has 0 aliphatic heterocycles. The summed E-state index contributed by atoms with van der Waals surface area (Å²) in [4.78, 5) is 10.5. The number of nitrogens with zero attached hydrogens (tertiary/aromatic N) is 2. The van der Waals surface area contributed by atoms with Crippen LogP contribution in [0, 0.1) is 0 Å². The normalized spacial score (nSPS) is 11.1. The van der Waals surface area contributed by atoms with Crippen molar-refractivity contribution in [2.75, 3.05) is 12.1 Å². The van der Waals surface area contributed by atoms with E-state index in [0.29, 0.717) is 0 Å². The lowest BCUT2D eigenvalue weighted by Gasteiger charge is -2.12. The quantitative estimate of drug-likeness (QED) is 0.584. The van der Waals surface area contributed by atoms with Crippen molar-refractivity contribution in [3.05, 3.63) is 30.3 Å². The fourth-order valence-corrected chi connectivity index (χ4v) is 0.969. The van der Waals surface area contributed by atoms with Crippen LogP contribution in [0.15, 0.2) is 35.4 Å². The zero-order valence-corrected chi connectivity index (χ0v) is 8.14. The molecular weight excluding hydrogens is 180 g/mol. The zero-order chi connectivity index (χ0) is 10.6. The van der Waals surface area contributed by atoms with E-state index < -0.39 is 5.97 Å². The number of rotatable bonds is 3. The van der Waals surface area contributed by atoms with Crippen LogP contribution in [-0.4, -0.2) is 23.8 Å². The molecule has 0 unspecified atom stereocenters. The molecule has 0 fully saturated rings. The Bertz CT molecular complexity index is 346. The van der Waals surface area contributed by atoms with Gasteiger partial charge in [-0.05, 0) is 19.1 Å². The predicted molar refractivity (Wildman–Crippen MR) is 55.6 cm³/mol. The number of carboxylic acid groups (broad SMARTS) is 1. The Balaban J connectivity index is 2.82. The summed E-state index contributed by atoms with van der Waals surface area (Å²) in [7, 11) is 1.71. The van der Waals surface area contributed by atoms with Gasteiger partial charge in [0.1, 0.15) is 5.71 Å². The molecule has 1 aromatic rings. The third-order valence-electron chi connectivity index (χ3n) is 1.74. The molecule has 0 bridgehead atoms. The molecule has 0 atom stereocenters. The highest BCUT2D eigenvalue weighted by molar-refractivity contribution is 6.34. The fraction of sp³-hybridized carbons (Fsp3) is 0.200. The smallest absolute Gasteiger partial charge is 0.351 e. The number of carboxylic acids is 1. The van der Waals surface area contributed by atoms with E-state index in [1.54, 1.807) is 7.05 Å². The van der Waals surface area contributed by atoms with E-state index in [-0.39, 0.29) is 5.71 Å². The fourth-order valence-electron chi connectivity index (χ4n) is 0.969. The van der Waals surface area contributed by atoms with Crippen molar-refractivity contribution in [3.63, 3.8) is 0 Å². The van der Waals surface area contributed by atoms with Crippen LogP contribution in [0.25, 0.3) is 0 Å². The van der Waals surface area contributed by atoms with Crippen molar-refractivity contribution >= 4 is 17.4 Å². The summed E-state index contributed by atoms with van der Waals surface area (Å²) in [5, 5.41) is 14.0. The number of benzene rings is 1. The number of carbonyl (C=O) groups is 1. The van der Waals surface area contributed by atoms with Crippen LogP contribution in [0.5, 0.6) is 0 Å². The Morgan fingerprint density at radius 2 is 1.93 bits per heavy atom. The molecule has 4 heteroatoms. The van der Waals surface area contributed by atoms with E-state index in [0.717, 1.165) is 5.69 Å². The average molecular weight is 192 g/mol. The summed E-state index contributed by atoms with van der Waals surface area (Å²) in [5.41, 5.74) is 0.921. The van der Waals surface area contributed by atoms with Crippen LogP contribution in [0.2, 0.25) is 0 Å². The first-order chi connectivity index (χ1) is 6.61. The molecule has 0 aliphatic rings. The van der Waals surface area contributed by atoms with Crippen molar-refractivity contribution in [3.8, 4) is 0 Å². The lowest BCUT2D eigenvalue weighted by molar-refractivity contribution is -0.129. The Kier molecular flexibility index (Phi) is 3.23. The van der Waals surface area contributed by atoms with E-state index in [2.05, 4.69) is 5.10 Å². The third-order valence-corrected chi connectivity index (χ3v) is 1.74. The van der Waals surface area contributed by atoms with E-state index in [1.165, 1.54) is 11.9 Å². The molecule has 0 amide bonds. The van der Waals surface area contributed by atoms with Crippen molar-refractivity contribution in [1.82, 2.24) is 0 Å². The van der Waals surface area contributed by atoms with Gasteiger partial charge in [-0.1, -0.05) is 18.2 Å². The topological polar surface area (TPSA) is 52.9 Å². The second kappa shape index (κ2) is 4.41.